The average Bonchev–Trinajstić information content (AvgIpc) is 2.25. The molecular weight excluding hydrogens is 319 g/mol. The van der Waals surface area contributed by atoms with Crippen molar-refractivity contribution in [3.63, 3.8) is 0 Å². The largest absolute Gasteiger partial charge is 0.416 e. The molecule has 1 aromatic carbocycles. The topological polar surface area (TPSA) is 60.2 Å². The third kappa shape index (κ3) is 3.06. The number of Topliss-reactive ketones (excluding diaryl/α,β-unsaturated/α-hetero) is 1. The number of carbonyl (C=O) groups is 1. The van der Waals surface area contributed by atoms with E-state index in [-0.39, 0.29) is 0 Å². The summed E-state index contributed by atoms with van der Waals surface area (Å²) in [6.07, 6.45) is -4.67. The van der Waals surface area contributed by atoms with E-state index in [2.05, 4.69) is 15.9 Å². The van der Waals surface area contributed by atoms with E-state index in [4.69, 9.17) is 0 Å². The van der Waals surface area contributed by atoms with Gasteiger partial charge in [0.2, 0.25) is 0 Å². The molecule has 0 N–H and O–H groups in total. The van der Waals surface area contributed by atoms with Gasteiger partial charge in [0.1, 0.15) is 5.78 Å². The monoisotopic (exact) mass is 325 g/mol. The highest BCUT2D eigenvalue weighted by Crippen LogP contribution is 2.39. The molecule has 0 spiro atoms. The minimum Gasteiger partial charge on any atom is -0.298 e. The molecule has 0 aliphatic carbocycles. The van der Waals surface area contributed by atoms with Crippen LogP contribution in [0.25, 0.3) is 0 Å². The van der Waals surface area contributed by atoms with E-state index in [1.807, 2.05) is 0 Å². The lowest BCUT2D eigenvalue weighted by molar-refractivity contribution is -0.385. The van der Waals surface area contributed by atoms with E-state index < -0.39 is 38.5 Å². The van der Waals surface area contributed by atoms with Crippen molar-refractivity contribution in [1.29, 1.82) is 0 Å². The Kier molecular flexibility index (Phi) is 4.10. The zero-order valence-corrected chi connectivity index (χ0v) is 10.6. The van der Waals surface area contributed by atoms with Crippen molar-refractivity contribution in [1.82, 2.24) is 0 Å². The van der Waals surface area contributed by atoms with Crippen LogP contribution in [0.2, 0.25) is 0 Å². The quantitative estimate of drug-likeness (QED) is 0.484. The molecule has 0 radical (unpaired) electrons. The van der Waals surface area contributed by atoms with Crippen molar-refractivity contribution in [2.24, 2.45) is 0 Å². The van der Waals surface area contributed by atoms with Crippen LogP contribution in [0.15, 0.2) is 18.2 Å². The molecule has 0 aliphatic rings. The molecule has 0 bridgehead atoms. The summed E-state index contributed by atoms with van der Waals surface area (Å²) in [5.41, 5.74) is -2.02. The van der Waals surface area contributed by atoms with Crippen LogP contribution in [-0.2, 0) is 11.0 Å². The number of carbonyl (C=O) groups excluding carboxylic acids is 1. The first-order valence-electron chi connectivity index (χ1n) is 4.64. The minimum absolute atomic E-state index is 0.454. The number of benzene rings is 1. The van der Waals surface area contributed by atoms with Crippen molar-refractivity contribution in [2.45, 2.75) is 17.9 Å². The maximum absolute atomic E-state index is 12.7. The Hall–Kier alpha value is -1.44. The van der Waals surface area contributed by atoms with Gasteiger partial charge >= 0.3 is 6.18 Å². The Morgan fingerprint density at radius 1 is 1.44 bits per heavy atom. The number of ketones is 1. The molecule has 1 unspecified atom stereocenters. The van der Waals surface area contributed by atoms with Gasteiger partial charge < -0.3 is 0 Å². The second kappa shape index (κ2) is 5.05. The van der Waals surface area contributed by atoms with E-state index >= 15 is 0 Å². The molecule has 1 aromatic rings. The van der Waals surface area contributed by atoms with Gasteiger partial charge in [0.15, 0.2) is 0 Å². The molecule has 0 heterocycles. The molecule has 1 atom stereocenters. The molecule has 0 aromatic heterocycles. The summed E-state index contributed by atoms with van der Waals surface area (Å²) < 4.78 is 38.1. The number of rotatable bonds is 3. The number of nitrogens with zero attached hydrogens (tertiary/aromatic N) is 1. The Morgan fingerprint density at radius 3 is 2.39 bits per heavy atom. The lowest BCUT2D eigenvalue weighted by atomic mass is 10.0. The highest BCUT2D eigenvalue weighted by atomic mass is 79.9. The maximum Gasteiger partial charge on any atom is 0.416 e. The predicted octanol–water partition coefficient (Wildman–Crippen LogP) is 3.64. The fourth-order valence-electron chi connectivity index (χ4n) is 1.35. The lowest BCUT2D eigenvalue weighted by Gasteiger charge is -2.15. The Labute approximate surface area is 108 Å². The number of halogens is 4. The molecule has 0 saturated heterocycles. The zero-order valence-electron chi connectivity index (χ0n) is 8.99. The fraction of sp³-hybridized carbons (Fsp3) is 0.300. The van der Waals surface area contributed by atoms with Gasteiger partial charge in [-0.1, -0.05) is 15.9 Å². The third-order valence-corrected chi connectivity index (χ3v) is 3.32. The number of alkyl halides is 4. The van der Waals surface area contributed by atoms with E-state index in [1.165, 1.54) is 0 Å². The minimum atomic E-state index is -4.67. The number of nitro groups is 1. The standard InChI is InChI=1S/C10H7BrF3NO3/c1-5(16)9(11)7-4-6(15(17)18)2-3-8(7)10(12,13)14/h2-4,9H,1H3. The van der Waals surface area contributed by atoms with Crippen LogP contribution in [0.1, 0.15) is 22.9 Å². The highest BCUT2D eigenvalue weighted by molar-refractivity contribution is 9.09. The molecule has 0 amide bonds. The molecule has 0 fully saturated rings. The van der Waals surface area contributed by atoms with Crippen LogP contribution in [0.4, 0.5) is 18.9 Å². The van der Waals surface area contributed by atoms with Gasteiger partial charge in [-0.3, -0.25) is 14.9 Å². The Morgan fingerprint density at radius 2 is 2.00 bits per heavy atom. The molecule has 8 heteroatoms. The summed E-state index contributed by atoms with van der Waals surface area (Å²) in [6.45, 7) is 1.10. The summed E-state index contributed by atoms with van der Waals surface area (Å²) in [7, 11) is 0. The van der Waals surface area contributed by atoms with Gasteiger partial charge in [-0.25, -0.2) is 0 Å². The zero-order chi connectivity index (χ0) is 14.1. The normalized spacial score (nSPS) is 13.2. The summed E-state index contributed by atoms with van der Waals surface area (Å²) >= 11 is 2.80. The van der Waals surface area contributed by atoms with E-state index in [0.717, 1.165) is 19.1 Å². The Balaban J connectivity index is 3.45. The van der Waals surface area contributed by atoms with Crippen LogP contribution in [-0.4, -0.2) is 10.7 Å². The SMILES string of the molecule is CC(=O)C(Br)c1cc([N+](=O)[O-])ccc1C(F)(F)F. The van der Waals surface area contributed by atoms with E-state index in [9.17, 15) is 28.1 Å². The average molecular weight is 326 g/mol. The lowest BCUT2D eigenvalue weighted by Crippen LogP contribution is -2.13. The first-order chi connectivity index (χ1) is 8.14. The van der Waals surface area contributed by atoms with Gasteiger partial charge in [-0.15, -0.1) is 0 Å². The third-order valence-electron chi connectivity index (χ3n) is 2.18. The molecule has 98 valence electrons. The maximum atomic E-state index is 12.7. The van der Waals surface area contributed by atoms with Crippen LogP contribution >= 0.6 is 15.9 Å². The van der Waals surface area contributed by atoms with Gasteiger partial charge in [-0.2, -0.15) is 13.2 Å². The number of non-ortho nitro benzene ring substituents is 1. The van der Waals surface area contributed by atoms with Crippen LogP contribution in [0.3, 0.4) is 0 Å². The van der Waals surface area contributed by atoms with Crippen molar-refractivity contribution in [3.05, 3.63) is 39.4 Å². The summed E-state index contributed by atoms with van der Waals surface area (Å²) in [6, 6.07) is 2.11. The van der Waals surface area contributed by atoms with E-state index in [1.54, 1.807) is 0 Å². The Bertz CT molecular complexity index is 502. The van der Waals surface area contributed by atoms with Gasteiger partial charge in [0.05, 0.1) is 15.3 Å². The number of hydrogen-bond donors (Lipinski definition) is 0. The van der Waals surface area contributed by atoms with Crippen molar-refractivity contribution in [3.8, 4) is 0 Å². The van der Waals surface area contributed by atoms with Crippen LogP contribution < -0.4 is 0 Å². The molecule has 4 nitrogen and oxygen atoms in total. The number of hydrogen-bond acceptors (Lipinski definition) is 3. The predicted molar refractivity (Wildman–Crippen MR) is 60.4 cm³/mol. The first-order valence-corrected chi connectivity index (χ1v) is 5.56. The van der Waals surface area contributed by atoms with Gasteiger partial charge in [0, 0.05) is 12.1 Å². The second-order valence-electron chi connectivity index (χ2n) is 3.50. The highest BCUT2D eigenvalue weighted by Gasteiger charge is 2.36. The van der Waals surface area contributed by atoms with Crippen LogP contribution in [0, 0.1) is 10.1 Å². The molecule has 0 aliphatic heterocycles. The van der Waals surface area contributed by atoms with Crippen molar-refractivity contribution >= 4 is 27.4 Å². The van der Waals surface area contributed by atoms with Crippen LogP contribution in [0.5, 0.6) is 0 Å². The number of nitro benzene ring substituents is 1. The van der Waals surface area contributed by atoms with Crippen molar-refractivity contribution < 1.29 is 22.9 Å². The summed E-state index contributed by atoms with van der Waals surface area (Å²) in [5, 5.41) is 10.5. The molecular formula is C10H7BrF3NO3. The smallest absolute Gasteiger partial charge is 0.298 e. The van der Waals surface area contributed by atoms with E-state index in [0.29, 0.717) is 6.07 Å². The summed E-state index contributed by atoms with van der Waals surface area (Å²) in [5.74, 6) is -0.569. The molecule has 18 heavy (non-hydrogen) atoms. The first kappa shape index (κ1) is 14.6. The molecule has 1 rings (SSSR count). The molecule has 0 saturated carbocycles. The second-order valence-corrected chi connectivity index (χ2v) is 4.42. The fourth-order valence-corrected chi connectivity index (χ4v) is 1.73. The summed E-state index contributed by atoms with van der Waals surface area (Å²) in [4.78, 5) is 19.6. The van der Waals surface area contributed by atoms with Gasteiger partial charge in [-0.05, 0) is 18.6 Å². The van der Waals surface area contributed by atoms with Crippen molar-refractivity contribution in [2.75, 3.05) is 0 Å². The van der Waals surface area contributed by atoms with Gasteiger partial charge in [0.25, 0.3) is 5.69 Å².